The number of nitrogens with one attached hydrogen (secondary N) is 1. The van der Waals surface area contributed by atoms with Crippen molar-refractivity contribution in [2.75, 3.05) is 11.1 Å². The fraction of sp³-hybridized carbons (Fsp3) is 0.0870. The number of anilines is 1. The molecule has 0 spiro atoms. The molecular weight excluding hydrogens is 432 g/mol. The first-order valence-corrected chi connectivity index (χ1v) is 10.9. The number of carbonyl (C=O) groups excluding carboxylic acids is 1. The van der Waals surface area contributed by atoms with E-state index < -0.39 is 0 Å². The van der Waals surface area contributed by atoms with Crippen LogP contribution in [0.25, 0.3) is 33.3 Å². The maximum atomic E-state index is 12.4. The van der Waals surface area contributed by atoms with E-state index >= 15 is 0 Å². The summed E-state index contributed by atoms with van der Waals surface area (Å²) in [5.41, 5.74) is 1.50. The molecule has 2 heterocycles. The highest BCUT2D eigenvalue weighted by Crippen LogP contribution is 2.30. The van der Waals surface area contributed by atoms with E-state index in [1.165, 1.54) is 11.8 Å². The Bertz CT molecular complexity index is 1430. The molecule has 0 saturated heterocycles. The molecule has 6 nitrogen and oxygen atoms in total. The lowest BCUT2D eigenvalue weighted by Gasteiger charge is -2.06. The molecule has 0 atom stereocenters. The SMILES string of the molecule is Cn1c(SCC(=O)Nc2ccc3ccccc3c2)nnc1-c1cc2cc(Cl)ccc2o1. The Morgan fingerprint density at radius 3 is 2.74 bits per heavy atom. The summed E-state index contributed by atoms with van der Waals surface area (Å²) in [4.78, 5) is 12.4. The van der Waals surface area contributed by atoms with E-state index in [9.17, 15) is 4.79 Å². The number of amides is 1. The van der Waals surface area contributed by atoms with E-state index in [1.54, 1.807) is 6.07 Å². The number of hydrogen-bond acceptors (Lipinski definition) is 5. The monoisotopic (exact) mass is 448 g/mol. The van der Waals surface area contributed by atoms with Crippen LogP contribution in [0.3, 0.4) is 0 Å². The summed E-state index contributed by atoms with van der Waals surface area (Å²) < 4.78 is 7.69. The second-order valence-corrected chi connectivity index (χ2v) is 8.44. The summed E-state index contributed by atoms with van der Waals surface area (Å²) in [7, 11) is 1.85. The third-order valence-electron chi connectivity index (χ3n) is 4.90. The van der Waals surface area contributed by atoms with E-state index in [0.717, 1.165) is 27.4 Å². The van der Waals surface area contributed by atoms with Gasteiger partial charge in [0.1, 0.15) is 5.58 Å². The Labute approximate surface area is 187 Å². The van der Waals surface area contributed by atoms with Gasteiger partial charge in [0, 0.05) is 23.1 Å². The fourth-order valence-corrected chi connectivity index (χ4v) is 4.27. The van der Waals surface area contributed by atoms with Gasteiger partial charge in [0.25, 0.3) is 0 Å². The first-order chi connectivity index (χ1) is 15.1. The zero-order valence-corrected chi connectivity index (χ0v) is 18.1. The van der Waals surface area contributed by atoms with Crippen LogP contribution in [0.2, 0.25) is 5.02 Å². The van der Waals surface area contributed by atoms with Gasteiger partial charge in [0.05, 0.1) is 5.75 Å². The molecule has 5 aromatic rings. The van der Waals surface area contributed by atoms with Crippen LogP contribution >= 0.6 is 23.4 Å². The van der Waals surface area contributed by atoms with Crippen molar-refractivity contribution in [3.8, 4) is 11.6 Å². The van der Waals surface area contributed by atoms with Gasteiger partial charge >= 0.3 is 0 Å². The number of carbonyl (C=O) groups is 1. The van der Waals surface area contributed by atoms with E-state index in [0.29, 0.717) is 21.8 Å². The first-order valence-electron chi connectivity index (χ1n) is 9.57. The van der Waals surface area contributed by atoms with Gasteiger partial charge in [-0.1, -0.05) is 53.7 Å². The molecule has 0 unspecified atom stereocenters. The number of rotatable bonds is 5. The minimum Gasteiger partial charge on any atom is -0.453 e. The molecule has 0 radical (unpaired) electrons. The summed E-state index contributed by atoms with van der Waals surface area (Å²) >= 11 is 7.37. The molecular formula is C23H17ClN4O2S. The van der Waals surface area contributed by atoms with Gasteiger partial charge in [-0.05, 0) is 47.2 Å². The van der Waals surface area contributed by atoms with E-state index in [-0.39, 0.29) is 11.7 Å². The maximum absolute atomic E-state index is 12.4. The van der Waals surface area contributed by atoms with Crippen molar-refractivity contribution < 1.29 is 9.21 Å². The number of benzene rings is 3. The molecule has 0 fully saturated rings. The van der Waals surface area contributed by atoms with Crippen molar-refractivity contribution >= 4 is 56.7 Å². The molecule has 1 N–H and O–H groups in total. The van der Waals surface area contributed by atoms with Crippen molar-refractivity contribution in [3.63, 3.8) is 0 Å². The number of halogens is 1. The predicted octanol–water partition coefficient (Wildman–Crippen LogP) is 5.77. The average Bonchev–Trinajstić information content (AvgIpc) is 3.34. The average molecular weight is 449 g/mol. The first kappa shape index (κ1) is 19.7. The number of nitrogens with zero attached hydrogens (tertiary/aromatic N) is 3. The van der Waals surface area contributed by atoms with Crippen molar-refractivity contribution in [1.82, 2.24) is 14.8 Å². The lowest BCUT2D eigenvalue weighted by Crippen LogP contribution is -2.14. The van der Waals surface area contributed by atoms with Gasteiger partial charge in [-0.25, -0.2) is 0 Å². The zero-order valence-electron chi connectivity index (χ0n) is 16.5. The van der Waals surface area contributed by atoms with Gasteiger partial charge in [0.15, 0.2) is 16.7 Å². The van der Waals surface area contributed by atoms with Crippen LogP contribution in [0.15, 0.2) is 76.3 Å². The minimum absolute atomic E-state index is 0.108. The van der Waals surface area contributed by atoms with Gasteiger partial charge in [-0.3, -0.25) is 4.79 Å². The third kappa shape index (κ3) is 4.02. The van der Waals surface area contributed by atoms with E-state index in [2.05, 4.69) is 15.5 Å². The summed E-state index contributed by atoms with van der Waals surface area (Å²) in [6.45, 7) is 0. The van der Waals surface area contributed by atoms with Gasteiger partial charge in [-0.15, -0.1) is 10.2 Å². The molecule has 3 aromatic carbocycles. The van der Waals surface area contributed by atoms with Crippen LogP contribution in [0, 0.1) is 0 Å². The lowest BCUT2D eigenvalue weighted by molar-refractivity contribution is -0.113. The largest absolute Gasteiger partial charge is 0.453 e. The number of fused-ring (bicyclic) bond motifs is 2. The van der Waals surface area contributed by atoms with Crippen LogP contribution < -0.4 is 5.32 Å². The molecule has 0 aliphatic carbocycles. The second kappa shape index (κ2) is 8.09. The Kier molecular flexibility index (Phi) is 5.13. The quantitative estimate of drug-likeness (QED) is 0.346. The highest BCUT2D eigenvalue weighted by molar-refractivity contribution is 7.99. The minimum atomic E-state index is -0.108. The Morgan fingerprint density at radius 2 is 1.87 bits per heavy atom. The molecule has 0 saturated carbocycles. The van der Waals surface area contributed by atoms with Crippen molar-refractivity contribution in [3.05, 3.63) is 71.8 Å². The predicted molar refractivity (Wildman–Crippen MR) is 125 cm³/mol. The van der Waals surface area contributed by atoms with Crippen molar-refractivity contribution in [2.45, 2.75) is 5.16 Å². The normalized spacial score (nSPS) is 11.3. The lowest BCUT2D eigenvalue weighted by atomic mass is 10.1. The maximum Gasteiger partial charge on any atom is 0.234 e. The molecule has 2 aromatic heterocycles. The van der Waals surface area contributed by atoms with E-state index in [1.807, 2.05) is 72.3 Å². The fourth-order valence-electron chi connectivity index (χ4n) is 3.37. The molecule has 5 rings (SSSR count). The van der Waals surface area contributed by atoms with Crippen LogP contribution in [0.5, 0.6) is 0 Å². The second-order valence-electron chi connectivity index (χ2n) is 7.06. The number of thioether (sulfide) groups is 1. The van der Waals surface area contributed by atoms with Crippen molar-refractivity contribution in [1.29, 1.82) is 0 Å². The zero-order chi connectivity index (χ0) is 21.4. The topological polar surface area (TPSA) is 73.0 Å². The third-order valence-corrected chi connectivity index (χ3v) is 6.15. The Hall–Kier alpha value is -3.29. The summed E-state index contributed by atoms with van der Waals surface area (Å²) in [6, 6.07) is 21.2. The number of aromatic nitrogens is 3. The van der Waals surface area contributed by atoms with Gasteiger partial charge in [-0.2, -0.15) is 0 Å². The summed E-state index contributed by atoms with van der Waals surface area (Å²) in [5.74, 6) is 1.29. The number of furan rings is 1. The molecule has 0 aliphatic heterocycles. The highest BCUT2D eigenvalue weighted by Gasteiger charge is 2.16. The van der Waals surface area contributed by atoms with Crippen LogP contribution in [-0.4, -0.2) is 26.4 Å². The number of hydrogen-bond donors (Lipinski definition) is 1. The molecule has 8 heteroatoms. The molecule has 154 valence electrons. The van der Waals surface area contributed by atoms with Crippen LogP contribution in [0.4, 0.5) is 5.69 Å². The molecule has 31 heavy (non-hydrogen) atoms. The Morgan fingerprint density at radius 1 is 1.03 bits per heavy atom. The standard InChI is InChI=1S/C23H17ClN4O2S/c1-28-22(20-12-16-10-17(24)7-9-19(16)30-20)26-27-23(28)31-13-21(29)25-18-8-6-14-4-2-3-5-15(14)11-18/h2-12H,13H2,1H3,(H,25,29). The molecule has 0 aliphatic rings. The van der Waals surface area contributed by atoms with Gasteiger partial charge < -0.3 is 14.3 Å². The molecule has 0 bridgehead atoms. The molecule has 1 amide bonds. The summed E-state index contributed by atoms with van der Waals surface area (Å²) in [5, 5.41) is 15.8. The van der Waals surface area contributed by atoms with E-state index in [4.69, 9.17) is 16.0 Å². The van der Waals surface area contributed by atoms with Crippen LogP contribution in [-0.2, 0) is 11.8 Å². The van der Waals surface area contributed by atoms with Crippen molar-refractivity contribution in [2.24, 2.45) is 7.05 Å². The summed E-state index contributed by atoms with van der Waals surface area (Å²) in [6.07, 6.45) is 0. The van der Waals surface area contributed by atoms with Crippen LogP contribution in [0.1, 0.15) is 0 Å². The Balaban J connectivity index is 1.28. The van der Waals surface area contributed by atoms with Gasteiger partial charge in [0.2, 0.25) is 5.91 Å². The smallest absolute Gasteiger partial charge is 0.234 e. The highest BCUT2D eigenvalue weighted by atomic mass is 35.5.